The van der Waals surface area contributed by atoms with Gasteiger partial charge in [0.1, 0.15) is 12.2 Å². The molecule has 80 valence electrons. The first kappa shape index (κ1) is 11.1. The summed E-state index contributed by atoms with van der Waals surface area (Å²) in [5.74, 6) is 0.881. The van der Waals surface area contributed by atoms with Crippen LogP contribution in [0.1, 0.15) is 30.8 Å². The molecule has 1 aromatic rings. The maximum Gasteiger partial charge on any atom is 0.257 e. The molecule has 2 atom stereocenters. The van der Waals surface area contributed by atoms with Crippen molar-refractivity contribution in [1.29, 1.82) is 0 Å². The highest BCUT2D eigenvalue weighted by molar-refractivity contribution is 4.93. The van der Waals surface area contributed by atoms with Crippen molar-refractivity contribution in [3.05, 3.63) is 11.7 Å². The van der Waals surface area contributed by atoms with Crippen LogP contribution < -0.4 is 5.73 Å². The fraction of sp³-hybridized carbons (Fsp3) is 0.750. The monoisotopic (exact) mass is 201 g/mol. The van der Waals surface area contributed by atoms with Crippen molar-refractivity contribution in [3.63, 3.8) is 0 Å². The van der Waals surface area contributed by atoms with Crippen molar-refractivity contribution in [1.82, 2.24) is 10.1 Å². The molecular formula is C8H15N3O3. The fourth-order valence-electron chi connectivity index (χ4n) is 0.946. The molecule has 1 rings (SSSR count). The van der Waals surface area contributed by atoms with Gasteiger partial charge in [-0.25, -0.2) is 0 Å². The zero-order valence-electron chi connectivity index (χ0n) is 8.56. The Morgan fingerprint density at radius 3 is 2.64 bits per heavy atom. The average Bonchev–Trinajstić information content (AvgIpc) is 2.68. The summed E-state index contributed by atoms with van der Waals surface area (Å²) in [6, 6.07) is 0. The molecule has 0 spiro atoms. The van der Waals surface area contributed by atoms with E-state index in [1.54, 1.807) is 14.2 Å². The molecule has 1 heterocycles. The van der Waals surface area contributed by atoms with Crippen LogP contribution >= 0.6 is 0 Å². The second kappa shape index (κ2) is 5.04. The summed E-state index contributed by atoms with van der Waals surface area (Å²) in [5, 5.41) is 3.76. The van der Waals surface area contributed by atoms with Gasteiger partial charge in [0.25, 0.3) is 5.89 Å². The van der Waals surface area contributed by atoms with E-state index < -0.39 is 0 Å². The van der Waals surface area contributed by atoms with Gasteiger partial charge >= 0.3 is 0 Å². The summed E-state index contributed by atoms with van der Waals surface area (Å²) < 4.78 is 15.1. The van der Waals surface area contributed by atoms with Crippen LogP contribution in [0.4, 0.5) is 0 Å². The molecule has 0 radical (unpaired) electrons. The SMILES string of the molecule is COC(C)c1noc(C(CN)OC)n1. The van der Waals surface area contributed by atoms with Gasteiger partial charge in [-0.2, -0.15) is 4.98 Å². The van der Waals surface area contributed by atoms with Gasteiger partial charge in [-0.15, -0.1) is 0 Å². The zero-order valence-corrected chi connectivity index (χ0v) is 8.56. The van der Waals surface area contributed by atoms with E-state index in [0.717, 1.165) is 0 Å². The molecule has 0 saturated heterocycles. The van der Waals surface area contributed by atoms with Gasteiger partial charge in [0.05, 0.1) is 0 Å². The van der Waals surface area contributed by atoms with Gasteiger partial charge in [0.2, 0.25) is 0 Å². The van der Waals surface area contributed by atoms with E-state index in [0.29, 0.717) is 18.3 Å². The largest absolute Gasteiger partial charge is 0.374 e. The molecule has 2 unspecified atom stereocenters. The average molecular weight is 201 g/mol. The molecule has 0 fully saturated rings. The highest BCUT2D eigenvalue weighted by Crippen LogP contribution is 2.17. The molecular weight excluding hydrogens is 186 g/mol. The van der Waals surface area contributed by atoms with E-state index in [2.05, 4.69) is 10.1 Å². The third-order valence-corrected chi connectivity index (χ3v) is 1.95. The minimum Gasteiger partial charge on any atom is -0.374 e. The van der Waals surface area contributed by atoms with Crippen LogP contribution in [0.2, 0.25) is 0 Å². The van der Waals surface area contributed by atoms with Crippen molar-refractivity contribution in [2.24, 2.45) is 5.73 Å². The lowest BCUT2D eigenvalue weighted by Gasteiger charge is -2.06. The van der Waals surface area contributed by atoms with Crippen molar-refractivity contribution in [2.45, 2.75) is 19.1 Å². The quantitative estimate of drug-likeness (QED) is 0.743. The lowest BCUT2D eigenvalue weighted by molar-refractivity contribution is 0.0802. The summed E-state index contributed by atoms with van der Waals surface area (Å²) >= 11 is 0. The topological polar surface area (TPSA) is 83.4 Å². The van der Waals surface area contributed by atoms with Crippen LogP contribution in [0.5, 0.6) is 0 Å². The highest BCUT2D eigenvalue weighted by Gasteiger charge is 2.19. The molecule has 0 saturated carbocycles. The van der Waals surface area contributed by atoms with Crippen LogP contribution in [0.3, 0.4) is 0 Å². The van der Waals surface area contributed by atoms with E-state index in [1.807, 2.05) is 6.92 Å². The van der Waals surface area contributed by atoms with Crippen molar-refractivity contribution in [2.75, 3.05) is 20.8 Å². The third kappa shape index (κ3) is 2.28. The van der Waals surface area contributed by atoms with Crippen molar-refractivity contribution >= 4 is 0 Å². The van der Waals surface area contributed by atoms with Gasteiger partial charge in [-0.1, -0.05) is 5.16 Å². The number of methoxy groups -OCH3 is 2. The maximum atomic E-state index is 5.45. The van der Waals surface area contributed by atoms with Crippen LogP contribution in [0.15, 0.2) is 4.52 Å². The van der Waals surface area contributed by atoms with Gasteiger partial charge < -0.3 is 19.7 Å². The lowest BCUT2D eigenvalue weighted by Crippen LogP contribution is -2.14. The normalized spacial score (nSPS) is 15.4. The Kier molecular flexibility index (Phi) is 3.99. The number of aromatic nitrogens is 2. The second-order valence-corrected chi connectivity index (χ2v) is 2.83. The summed E-state index contributed by atoms with van der Waals surface area (Å²) in [7, 11) is 3.12. The zero-order chi connectivity index (χ0) is 10.6. The maximum absolute atomic E-state index is 5.45. The number of ether oxygens (including phenoxy) is 2. The molecule has 14 heavy (non-hydrogen) atoms. The Hall–Kier alpha value is -0.980. The first-order chi connectivity index (χ1) is 6.72. The Bertz CT molecular complexity index is 273. The summed E-state index contributed by atoms with van der Waals surface area (Å²) in [6.07, 6.45) is -0.539. The second-order valence-electron chi connectivity index (χ2n) is 2.83. The molecule has 2 N–H and O–H groups in total. The smallest absolute Gasteiger partial charge is 0.257 e. The summed E-state index contributed by atoms with van der Waals surface area (Å²) in [6.45, 7) is 2.14. The molecule has 6 nitrogen and oxygen atoms in total. The Morgan fingerprint density at radius 1 is 1.43 bits per heavy atom. The molecule has 0 aliphatic heterocycles. The predicted molar refractivity (Wildman–Crippen MR) is 48.5 cm³/mol. The van der Waals surface area contributed by atoms with Gasteiger partial charge in [0.15, 0.2) is 5.82 Å². The van der Waals surface area contributed by atoms with Crippen LogP contribution in [-0.4, -0.2) is 30.9 Å². The Labute approximate surface area is 82.4 Å². The third-order valence-electron chi connectivity index (χ3n) is 1.95. The minimum absolute atomic E-state index is 0.192. The predicted octanol–water partition coefficient (Wildman–Crippen LogP) is 0.423. The Balaban J connectivity index is 2.76. The lowest BCUT2D eigenvalue weighted by atomic mass is 10.3. The number of nitrogens with zero attached hydrogens (tertiary/aromatic N) is 2. The van der Waals surface area contributed by atoms with E-state index in [9.17, 15) is 0 Å². The fourth-order valence-corrected chi connectivity index (χ4v) is 0.946. The summed E-state index contributed by atoms with van der Waals surface area (Å²) in [4.78, 5) is 4.12. The summed E-state index contributed by atoms with van der Waals surface area (Å²) in [5.41, 5.74) is 5.45. The van der Waals surface area contributed by atoms with Crippen molar-refractivity contribution in [3.8, 4) is 0 Å². The minimum atomic E-state index is -0.347. The molecule has 0 amide bonds. The van der Waals surface area contributed by atoms with Crippen LogP contribution in [0.25, 0.3) is 0 Å². The molecule has 6 heteroatoms. The number of hydrogen-bond donors (Lipinski definition) is 1. The number of hydrogen-bond acceptors (Lipinski definition) is 6. The van der Waals surface area contributed by atoms with E-state index in [-0.39, 0.29) is 12.2 Å². The van der Waals surface area contributed by atoms with Crippen LogP contribution in [-0.2, 0) is 9.47 Å². The molecule has 0 aliphatic carbocycles. The molecule has 0 aromatic carbocycles. The molecule has 1 aromatic heterocycles. The van der Waals surface area contributed by atoms with Crippen LogP contribution in [0, 0.1) is 0 Å². The van der Waals surface area contributed by atoms with Gasteiger partial charge in [0, 0.05) is 20.8 Å². The van der Waals surface area contributed by atoms with E-state index in [1.165, 1.54) is 0 Å². The Morgan fingerprint density at radius 2 is 2.14 bits per heavy atom. The van der Waals surface area contributed by atoms with E-state index >= 15 is 0 Å². The molecule has 0 aliphatic rings. The van der Waals surface area contributed by atoms with Gasteiger partial charge in [-0.3, -0.25) is 0 Å². The van der Waals surface area contributed by atoms with Gasteiger partial charge in [-0.05, 0) is 6.92 Å². The van der Waals surface area contributed by atoms with Crippen molar-refractivity contribution < 1.29 is 14.0 Å². The highest BCUT2D eigenvalue weighted by atomic mass is 16.5. The molecule has 0 bridgehead atoms. The standard InChI is InChI=1S/C8H15N3O3/c1-5(12-2)7-10-8(14-11-7)6(4-9)13-3/h5-6H,4,9H2,1-3H3. The first-order valence-electron chi connectivity index (χ1n) is 4.32. The number of rotatable bonds is 5. The van der Waals surface area contributed by atoms with E-state index in [4.69, 9.17) is 19.7 Å². The number of nitrogens with two attached hydrogens (primary N) is 1. The first-order valence-corrected chi connectivity index (χ1v) is 4.32.